The van der Waals surface area contributed by atoms with Crippen LogP contribution in [0.4, 0.5) is 0 Å². The van der Waals surface area contributed by atoms with Crippen molar-refractivity contribution in [3.63, 3.8) is 0 Å². The maximum atomic E-state index is 11.6. The van der Waals surface area contributed by atoms with E-state index in [9.17, 15) is 4.79 Å². The Kier molecular flexibility index (Phi) is 3.04. The Morgan fingerprint density at radius 2 is 2.26 bits per heavy atom. The lowest BCUT2D eigenvalue weighted by molar-refractivity contribution is -0.115. The van der Waals surface area contributed by atoms with Crippen LogP contribution in [0, 0.1) is 0 Å². The van der Waals surface area contributed by atoms with Crippen LogP contribution in [0.1, 0.15) is 5.76 Å². The molecule has 1 aromatic carbocycles. The average molecular weight is 291 g/mol. The van der Waals surface area contributed by atoms with Crippen molar-refractivity contribution in [2.24, 2.45) is 0 Å². The summed E-state index contributed by atoms with van der Waals surface area (Å²) in [6.45, 7) is 0. The third-order valence-corrected chi connectivity index (χ3v) is 3.82. The first-order valence-corrected chi connectivity index (χ1v) is 6.70. The Morgan fingerprint density at radius 3 is 2.95 bits per heavy atom. The minimum Gasteiger partial charge on any atom is -0.497 e. The molecule has 0 spiro atoms. The average Bonchev–Trinajstić information content (AvgIpc) is 2.91. The van der Waals surface area contributed by atoms with E-state index < -0.39 is 0 Å². The van der Waals surface area contributed by atoms with Crippen LogP contribution in [-0.2, 0) is 4.79 Å². The lowest BCUT2D eigenvalue weighted by atomic mass is 10.2. The number of thioether (sulfide) groups is 1. The van der Waals surface area contributed by atoms with Crippen molar-refractivity contribution in [1.29, 1.82) is 0 Å². The zero-order chi connectivity index (χ0) is 13.4. The predicted octanol–water partition coefficient (Wildman–Crippen LogP) is 2.93. The lowest BCUT2D eigenvalue weighted by Gasteiger charge is -1.96. The van der Waals surface area contributed by atoms with Gasteiger partial charge in [0.1, 0.15) is 21.4 Å². The van der Waals surface area contributed by atoms with Gasteiger partial charge in [0.05, 0.1) is 12.0 Å². The van der Waals surface area contributed by atoms with Crippen LogP contribution >= 0.6 is 24.0 Å². The van der Waals surface area contributed by atoms with E-state index in [-0.39, 0.29) is 5.91 Å². The van der Waals surface area contributed by atoms with Gasteiger partial charge in [0.15, 0.2) is 0 Å². The number of methoxy groups -OCH3 is 1. The summed E-state index contributed by atoms with van der Waals surface area (Å²) in [5.41, 5.74) is 0.749. The molecule has 2 heterocycles. The van der Waals surface area contributed by atoms with Crippen molar-refractivity contribution in [3.05, 3.63) is 34.9 Å². The zero-order valence-electron chi connectivity index (χ0n) is 9.93. The number of hydrogen-bond acceptors (Lipinski definition) is 5. The minimum absolute atomic E-state index is 0.187. The molecule has 4 nitrogen and oxygen atoms in total. The van der Waals surface area contributed by atoms with Crippen LogP contribution in [0.3, 0.4) is 0 Å². The van der Waals surface area contributed by atoms with Gasteiger partial charge < -0.3 is 14.5 Å². The molecule has 0 bridgehead atoms. The van der Waals surface area contributed by atoms with Gasteiger partial charge in [-0.25, -0.2) is 0 Å². The molecule has 0 aliphatic carbocycles. The molecule has 6 heteroatoms. The fourth-order valence-electron chi connectivity index (χ4n) is 1.79. The van der Waals surface area contributed by atoms with Crippen LogP contribution < -0.4 is 10.1 Å². The SMILES string of the molecule is COc1ccc2oc(C=C3SC(=S)NC3=O)cc2c1. The van der Waals surface area contributed by atoms with Crippen LogP contribution in [0.5, 0.6) is 5.75 Å². The first kappa shape index (κ1) is 12.3. The fraction of sp³-hybridized carbons (Fsp3) is 0.0769. The van der Waals surface area contributed by atoms with E-state index in [4.69, 9.17) is 21.4 Å². The van der Waals surface area contributed by atoms with Gasteiger partial charge in [-0.1, -0.05) is 24.0 Å². The Balaban J connectivity index is 2.00. The van der Waals surface area contributed by atoms with Crippen molar-refractivity contribution in [1.82, 2.24) is 5.32 Å². The largest absolute Gasteiger partial charge is 0.497 e. The normalized spacial score (nSPS) is 17.2. The first-order valence-electron chi connectivity index (χ1n) is 5.48. The number of carbonyl (C=O) groups is 1. The molecule has 1 aliphatic rings. The third kappa shape index (κ3) is 2.36. The second-order valence-electron chi connectivity index (χ2n) is 3.90. The number of carbonyl (C=O) groups excluding carboxylic acids is 1. The smallest absolute Gasteiger partial charge is 0.263 e. The Hall–Kier alpha value is -1.79. The van der Waals surface area contributed by atoms with Gasteiger partial charge in [0.2, 0.25) is 0 Å². The second-order valence-corrected chi connectivity index (χ2v) is 5.62. The fourth-order valence-corrected chi connectivity index (χ4v) is 2.81. The van der Waals surface area contributed by atoms with Crippen LogP contribution in [0.25, 0.3) is 17.0 Å². The highest BCUT2D eigenvalue weighted by atomic mass is 32.2. The van der Waals surface area contributed by atoms with Crippen LogP contribution in [-0.4, -0.2) is 17.3 Å². The number of fused-ring (bicyclic) bond motifs is 1. The van der Waals surface area contributed by atoms with E-state index in [0.29, 0.717) is 15.0 Å². The number of ether oxygens (including phenoxy) is 1. The third-order valence-electron chi connectivity index (χ3n) is 2.66. The van der Waals surface area contributed by atoms with Gasteiger partial charge >= 0.3 is 0 Å². The number of rotatable bonds is 2. The lowest BCUT2D eigenvalue weighted by Crippen LogP contribution is -2.17. The van der Waals surface area contributed by atoms with Gasteiger partial charge in [-0.05, 0) is 24.3 Å². The quantitative estimate of drug-likeness (QED) is 0.681. The maximum absolute atomic E-state index is 11.6. The first-order chi connectivity index (χ1) is 9.15. The number of benzene rings is 1. The molecule has 1 saturated heterocycles. The van der Waals surface area contributed by atoms with Gasteiger partial charge in [-0.2, -0.15) is 0 Å². The second kappa shape index (κ2) is 4.71. The topological polar surface area (TPSA) is 51.5 Å². The molecular formula is C13H9NO3S2. The number of hydrogen-bond donors (Lipinski definition) is 1. The minimum atomic E-state index is -0.187. The Bertz CT molecular complexity index is 718. The molecule has 2 aromatic rings. The van der Waals surface area contributed by atoms with Crippen molar-refractivity contribution < 1.29 is 13.9 Å². The molecule has 3 rings (SSSR count). The predicted molar refractivity (Wildman–Crippen MR) is 79.1 cm³/mol. The monoisotopic (exact) mass is 291 g/mol. The van der Waals surface area contributed by atoms with E-state index in [1.807, 2.05) is 24.3 Å². The number of nitrogens with one attached hydrogen (secondary N) is 1. The van der Waals surface area contributed by atoms with E-state index in [2.05, 4.69) is 5.32 Å². The van der Waals surface area contributed by atoms with Gasteiger partial charge in [0, 0.05) is 11.5 Å². The highest BCUT2D eigenvalue weighted by Gasteiger charge is 2.22. The summed E-state index contributed by atoms with van der Waals surface area (Å²) in [6.07, 6.45) is 1.69. The van der Waals surface area contributed by atoms with Gasteiger partial charge in [0.25, 0.3) is 5.91 Å². The summed E-state index contributed by atoms with van der Waals surface area (Å²) in [4.78, 5) is 12.1. The summed E-state index contributed by atoms with van der Waals surface area (Å²) >= 11 is 6.16. The van der Waals surface area contributed by atoms with E-state index in [1.165, 1.54) is 11.8 Å². The highest BCUT2D eigenvalue weighted by Crippen LogP contribution is 2.29. The molecule has 0 radical (unpaired) electrons. The van der Waals surface area contributed by atoms with Crippen molar-refractivity contribution in [2.75, 3.05) is 7.11 Å². The number of amides is 1. The number of furan rings is 1. The molecule has 0 saturated carbocycles. The molecular weight excluding hydrogens is 282 g/mol. The highest BCUT2D eigenvalue weighted by molar-refractivity contribution is 8.26. The molecule has 1 amide bonds. The summed E-state index contributed by atoms with van der Waals surface area (Å²) in [5.74, 6) is 1.19. The molecule has 0 unspecified atom stereocenters. The molecule has 1 fully saturated rings. The number of thiocarbonyl (C=S) groups is 1. The maximum Gasteiger partial charge on any atom is 0.263 e. The molecule has 96 valence electrons. The summed E-state index contributed by atoms with van der Waals surface area (Å²) in [5, 5.41) is 3.49. The van der Waals surface area contributed by atoms with E-state index in [1.54, 1.807) is 13.2 Å². The summed E-state index contributed by atoms with van der Waals surface area (Å²) in [7, 11) is 1.62. The van der Waals surface area contributed by atoms with E-state index >= 15 is 0 Å². The summed E-state index contributed by atoms with van der Waals surface area (Å²) < 4.78 is 11.3. The van der Waals surface area contributed by atoms with E-state index in [0.717, 1.165) is 16.7 Å². The zero-order valence-corrected chi connectivity index (χ0v) is 11.6. The Labute approximate surface area is 118 Å². The molecule has 1 aliphatic heterocycles. The summed E-state index contributed by atoms with van der Waals surface area (Å²) in [6, 6.07) is 7.41. The molecule has 1 N–H and O–H groups in total. The molecule has 19 heavy (non-hydrogen) atoms. The van der Waals surface area contributed by atoms with Crippen LogP contribution in [0.15, 0.2) is 33.6 Å². The molecule has 1 aromatic heterocycles. The van der Waals surface area contributed by atoms with Gasteiger partial charge in [-0.3, -0.25) is 4.79 Å². The van der Waals surface area contributed by atoms with Gasteiger partial charge in [-0.15, -0.1) is 0 Å². The van der Waals surface area contributed by atoms with Crippen molar-refractivity contribution in [2.45, 2.75) is 0 Å². The standard InChI is InChI=1S/C13H9NO3S2/c1-16-8-2-3-10-7(4-8)5-9(17-10)6-11-12(15)14-13(18)19-11/h2-6H,1H3,(H,14,15,18). The van der Waals surface area contributed by atoms with Crippen molar-refractivity contribution in [3.8, 4) is 5.75 Å². The van der Waals surface area contributed by atoms with Crippen molar-refractivity contribution >= 4 is 51.3 Å². The van der Waals surface area contributed by atoms with Crippen LogP contribution in [0.2, 0.25) is 0 Å². The molecule has 0 atom stereocenters. The Morgan fingerprint density at radius 1 is 1.42 bits per heavy atom.